The molecule has 0 spiro atoms. The summed E-state index contributed by atoms with van der Waals surface area (Å²) in [6.45, 7) is 7.15. The lowest BCUT2D eigenvalue weighted by Crippen LogP contribution is -2.58. The highest BCUT2D eigenvalue weighted by molar-refractivity contribution is 9.10. The highest BCUT2D eigenvalue weighted by Gasteiger charge is 2.56. The van der Waals surface area contributed by atoms with Crippen LogP contribution >= 0.6 is 15.9 Å². The van der Waals surface area contributed by atoms with Crippen LogP contribution in [0.15, 0.2) is 34.1 Å². The van der Waals surface area contributed by atoms with Crippen LogP contribution in [0.1, 0.15) is 39.3 Å². The second-order valence-corrected chi connectivity index (χ2v) is 9.81. The number of hydrogen-bond acceptors (Lipinski definition) is 6. The van der Waals surface area contributed by atoms with Gasteiger partial charge in [0.1, 0.15) is 17.3 Å². The van der Waals surface area contributed by atoms with Crippen LogP contribution in [0.4, 0.5) is 5.69 Å². The third-order valence-corrected chi connectivity index (χ3v) is 7.85. The average molecular weight is 475 g/mol. The lowest BCUT2D eigenvalue weighted by molar-refractivity contribution is -0.122. The van der Waals surface area contributed by atoms with Crippen molar-refractivity contribution in [2.24, 2.45) is 23.2 Å². The van der Waals surface area contributed by atoms with E-state index in [2.05, 4.69) is 62.4 Å². The van der Waals surface area contributed by atoms with Crippen LogP contribution in [-0.2, 0) is 17.9 Å². The Kier molecular flexibility index (Phi) is 5.65. The second kappa shape index (κ2) is 8.09. The molecule has 2 heterocycles. The molecule has 0 unspecified atom stereocenters. The van der Waals surface area contributed by atoms with E-state index in [1.807, 2.05) is 0 Å². The summed E-state index contributed by atoms with van der Waals surface area (Å²) >= 11 is 3.41. The molecular formula is C21H27BrN6O2. The Morgan fingerprint density at radius 2 is 2.17 bits per heavy atom. The minimum atomic E-state index is -0.328. The zero-order chi connectivity index (χ0) is 21.5. The molecule has 5 rings (SSSR count). The van der Waals surface area contributed by atoms with Gasteiger partial charge in [-0.2, -0.15) is 5.10 Å². The maximum absolute atomic E-state index is 12.7. The Morgan fingerprint density at radius 1 is 1.37 bits per heavy atom. The van der Waals surface area contributed by atoms with Crippen LogP contribution in [0, 0.1) is 23.2 Å². The number of amides is 1. The van der Waals surface area contributed by atoms with Crippen LogP contribution in [0.5, 0.6) is 0 Å². The lowest BCUT2D eigenvalue weighted by Gasteiger charge is -2.62. The summed E-state index contributed by atoms with van der Waals surface area (Å²) < 4.78 is 1.57. The molecule has 2 bridgehead atoms. The number of nitrogens with zero attached hydrogens (tertiary/aromatic N) is 4. The standard InChI is InChI=1S/C21H27BrN6O2/c1-12-15-6-13(21(15,2)3)7-16(12)27-17-9-26-28(20(30)19(17)22)10-18(29)24-8-14-4-5-23-11-25-14/h4-5,9,11-13,15-16,27H,6-8,10H2,1-3H3,(H,24,29)/t12-,13+,15-,16-/m1/s1. The maximum Gasteiger partial charge on any atom is 0.283 e. The van der Waals surface area contributed by atoms with E-state index < -0.39 is 0 Å². The van der Waals surface area contributed by atoms with E-state index in [9.17, 15) is 9.59 Å². The summed E-state index contributed by atoms with van der Waals surface area (Å²) in [6.07, 6.45) is 7.07. The molecule has 0 aromatic carbocycles. The SMILES string of the molecule is C[C@@H]1[C@H]2C[C@@H](C[C@H]1Nc1cnn(CC(=O)NCc3ccncn3)c(=O)c1Br)C2(C)C. The van der Waals surface area contributed by atoms with Gasteiger partial charge < -0.3 is 10.6 Å². The molecule has 0 saturated heterocycles. The van der Waals surface area contributed by atoms with E-state index in [0.717, 1.165) is 17.0 Å². The summed E-state index contributed by atoms with van der Waals surface area (Å²) in [7, 11) is 0. The first-order chi connectivity index (χ1) is 14.3. The van der Waals surface area contributed by atoms with Gasteiger partial charge in [-0.1, -0.05) is 20.8 Å². The van der Waals surface area contributed by atoms with Gasteiger partial charge in [0.15, 0.2) is 0 Å². The Balaban J connectivity index is 1.39. The highest BCUT2D eigenvalue weighted by atomic mass is 79.9. The van der Waals surface area contributed by atoms with E-state index in [4.69, 9.17) is 0 Å². The molecule has 3 aliphatic rings. The molecule has 2 aromatic heterocycles. The van der Waals surface area contributed by atoms with Gasteiger partial charge in [-0.25, -0.2) is 14.6 Å². The maximum atomic E-state index is 12.7. The van der Waals surface area contributed by atoms with Gasteiger partial charge in [-0.15, -0.1) is 0 Å². The van der Waals surface area contributed by atoms with Crippen molar-refractivity contribution in [3.8, 4) is 0 Å². The molecule has 8 nitrogen and oxygen atoms in total. The normalized spacial score (nSPS) is 26.5. The van der Waals surface area contributed by atoms with Gasteiger partial charge in [0.2, 0.25) is 5.91 Å². The zero-order valence-corrected chi connectivity index (χ0v) is 19.0. The van der Waals surface area contributed by atoms with Crippen molar-refractivity contribution in [1.29, 1.82) is 0 Å². The Morgan fingerprint density at radius 3 is 2.83 bits per heavy atom. The number of hydrogen-bond donors (Lipinski definition) is 2. The summed E-state index contributed by atoms with van der Waals surface area (Å²) in [6, 6.07) is 2.05. The molecule has 1 amide bonds. The van der Waals surface area contributed by atoms with E-state index in [1.165, 1.54) is 12.7 Å². The van der Waals surface area contributed by atoms with Gasteiger partial charge in [-0.3, -0.25) is 9.59 Å². The minimum Gasteiger partial charge on any atom is -0.380 e. The fraction of sp³-hybridized carbons (Fsp3) is 0.571. The zero-order valence-electron chi connectivity index (χ0n) is 17.4. The molecule has 160 valence electrons. The van der Waals surface area contributed by atoms with Gasteiger partial charge in [-0.05, 0) is 58.0 Å². The van der Waals surface area contributed by atoms with Gasteiger partial charge in [0.25, 0.3) is 5.56 Å². The first-order valence-corrected chi connectivity index (χ1v) is 11.1. The minimum absolute atomic E-state index is 0.152. The van der Waals surface area contributed by atoms with Gasteiger partial charge in [0.05, 0.1) is 24.1 Å². The topological polar surface area (TPSA) is 102 Å². The molecule has 3 aliphatic carbocycles. The molecule has 9 heteroatoms. The number of carbonyl (C=O) groups is 1. The Hall–Kier alpha value is -2.29. The third-order valence-electron chi connectivity index (χ3n) is 7.08. The number of rotatable bonds is 6. The lowest BCUT2D eigenvalue weighted by atomic mass is 9.45. The van der Waals surface area contributed by atoms with Gasteiger partial charge >= 0.3 is 0 Å². The van der Waals surface area contributed by atoms with Crippen molar-refractivity contribution in [2.75, 3.05) is 5.32 Å². The van der Waals surface area contributed by atoms with E-state index in [0.29, 0.717) is 39.1 Å². The number of anilines is 1. The summed E-state index contributed by atoms with van der Waals surface area (Å²) in [5.74, 6) is 1.66. The second-order valence-electron chi connectivity index (χ2n) is 9.02. The number of aromatic nitrogens is 4. The number of halogens is 1. The molecule has 3 saturated carbocycles. The Bertz CT molecular complexity index is 993. The summed E-state index contributed by atoms with van der Waals surface area (Å²) in [4.78, 5) is 32.8. The van der Waals surface area contributed by atoms with Crippen molar-refractivity contribution in [3.63, 3.8) is 0 Å². The van der Waals surface area contributed by atoms with Crippen molar-refractivity contribution in [2.45, 2.75) is 52.7 Å². The van der Waals surface area contributed by atoms with Crippen LogP contribution < -0.4 is 16.2 Å². The molecule has 3 fully saturated rings. The molecule has 0 radical (unpaired) electrons. The largest absolute Gasteiger partial charge is 0.380 e. The highest BCUT2D eigenvalue weighted by Crippen LogP contribution is 2.61. The first-order valence-electron chi connectivity index (χ1n) is 10.3. The fourth-order valence-electron chi connectivity index (χ4n) is 5.02. The van der Waals surface area contributed by atoms with Crippen molar-refractivity contribution in [3.05, 3.63) is 45.3 Å². The number of carbonyl (C=O) groups excluding carboxylic acids is 1. The van der Waals surface area contributed by atoms with Gasteiger partial charge in [0, 0.05) is 12.2 Å². The van der Waals surface area contributed by atoms with E-state index in [-0.39, 0.29) is 24.6 Å². The van der Waals surface area contributed by atoms with Crippen molar-refractivity contribution >= 4 is 27.5 Å². The quantitative estimate of drug-likeness (QED) is 0.666. The van der Waals surface area contributed by atoms with Crippen LogP contribution in [-0.4, -0.2) is 31.7 Å². The monoisotopic (exact) mass is 474 g/mol. The predicted octanol–water partition coefficient (Wildman–Crippen LogP) is 2.59. The molecule has 2 aromatic rings. The predicted molar refractivity (Wildman–Crippen MR) is 117 cm³/mol. The van der Waals surface area contributed by atoms with E-state index in [1.54, 1.807) is 18.5 Å². The smallest absolute Gasteiger partial charge is 0.283 e. The molecular weight excluding hydrogens is 448 g/mol. The van der Waals surface area contributed by atoms with Crippen LogP contribution in [0.2, 0.25) is 0 Å². The number of fused-ring (bicyclic) bond motifs is 2. The molecule has 30 heavy (non-hydrogen) atoms. The molecule has 2 N–H and O–H groups in total. The average Bonchev–Trinajstić information content (AvgIpc) is 2.73. The van der Waals surface area contributed by atoms with Crippen LogP contribution in [0.3, 0.4) is 0 Å². The fourth-order valence-corrected chi connectivity index (χ4v) is 5.44. The van der Waals surface area contributed by atoms with Crippen LogP contribution in [0.25, 0.3) is 0 Å². The summed E-state index contributed by atoms with van der Waals surface area (Å²) in [5.41, 5.74) is 1.47. The first kappa shape index (κ1) is 21.0. The molecule has 0 aliphatic heterocycles. The third kappa shape index (κ3) is 3.87. The van der Waals surface area contributed by atoms with Crippen molar-refractivity contribution < 1.29 is 4.79 Å². The summed E-state index contributed by atoms with van der Waals surface area (Å²) in [5, 5.41) is 10.5. The Labute approximate surface area is 184 Å². The number of nitrogens with one attached hydrogen (secondary N) is 2. The molecule has 4 atom stereocenters. The van der Waals surface area contributed by atoms with Crippen molar-refractivity contribution in [1.82, 2.24) is 25.1 Å². The van der Waals surface area contributed by atoms with E-state index >= 15 is 0 Å².